The van der Waals surface area contributed by atoms with Crippen LogP contribution in [-0.4, -0.2) is 50.7 Å². The molecule has 0 saturated carbocycles. The summed E-state index contributed by atoms with van der Waals surface area (Å²) in [6.45, 7) is 5.02. The topological polar surface area (TPSA) is 41.6 Å². The normalized spacial score (nSPS) is 14.8. The van der Waals surface area contributed by atoms with Crippen LogP contribution in [0.4, 0.5) is 11.4 Å². The van der Waals surface area contributed by atoms with Gasteiger partial charge in [0.25, 0.3) is 0 Å². The molecule has 1 heterocycles. The van der Waals surface area contributed by atoms with Gasteiger partial charge in [-0.25, -0.2) is 0 Å². The number of anilines is 2. The summed E-state index contributed by atoms with van der Waals surface area (Å²) in [5, 5.41) is 3.85. The highest BCUT2D eigenvalue weighted by molar-refractivity contribution is 6.42. The Morgan fingerprint density at radius 3 is 2.39 bits per heavy atom. The molecule has 5 nitrogen and oxygen atoms in total. The van der Waals surface area contributed by atoms with E-state index in [1.54, 1.807) is 25.3 Å². The minimum atomic E-state index is -0.199. The molecule has 1 saturated heterocycles. The first-order chi connectivity index (χ1) is 16.8. The quantitative estimate of drug-likeness (QED) is 0.366. The molecular weight excluding hydrogens is 517 g/mol. The van der Waals surface area contributed by atoms with E-state index in [1.807, 2.05) is 30.3 Å². The molecule has 8 heteroatoms. The summed E-state index contributed by atoms with van der Waals surface area (Å²) in [5.41, 5.74) is 3.99. The first-order valence-corrected chi connectivity index (χ1v) is 12.4. The number of likely N-dealkylation sites (N-methyl/N-ethyl adjacent to an activating group) is 1. The van der Waals surface area contributed by atoms with Gasteiger partial charge in [-0.05, 0) is 48.0 Å². The number of carbonyl (C=O) groups excluding carboxylic acids is 1. The summed E-state index contributed by atoms with van der Waals surface area (Å²) in [6, 6.07) is 21.5. The Morgan fingerprint density at radius 2 is 1.72 bits per heavy atom. The zero-order chi connectivity index (χ0) is 24.8. The second-order valence-corrected chi connectivity index (χ2v) is 9.89. The van der Waals surface area contributed by atoms with Gasteiger partial charge in [-0.1, -0.05) is 53.5 Å². The van der Waals surface area contributed by atoms with Crippen molar-refractivity contribution in [1.82, 2.24) is 0 Å². The van der Waals surface area contributed by atoms with Crippen LogP contribution in [0, 0.1) is 0 Å². The predicted octanol–water partition coefficient (Wildman–Crippen LogP) is 3.12. The molecule has 3 aromatic rings. The van der Waals surface area contributed by atoms with E-state index < -0.39 is 0 Å². The van der Waals surface area contributed by atoms with Gasteiger partial charge in [0.2, 0.25) is 5.91 Å². The van der Waals surface area contributed by atoms with Crippen molar-refractivity contribution in [2.45, 2.75) is 6.54 Å². The smallest absolute Gasteiger partial charge is 0.248 e. The number of amides is 1. The van der Waals surface area contributed by atoms with E-state index in [9.17, 15) is 4.79 Å². The number of hydrogen-bond donors (Lipinski definition) is 1. The number of nitrogens with zero attached hydrogens (tertiary/aromatic N) is 2. The average molecular weight is 547 g/mol. The standard InChI is InChI=1S/C28H29Cl2N3O2.ClH/c1-33(17-15-32(16-18-33)26-5-3-4-6-27(26)35-2)20-22-7-11-23(12-8-22)31-28(34)14-10-21-9-13-24(29)25(30)19-21;/h3-14,19H,15-18,20H2,1-2H3;1H. The van der Waals surface area contributed by atoms with Crippen LogP contribution < -0.4 is 27.4 Å². The van der Waals surface area contributed by atoms with E-state index in [0.29, 0.717) is 10.0 Å². The number of para-hydroxylation sites is 2. The fraction of sp³-hybridized carbons (Fsp3) is 0.250. The fourth-order valence-electron chi connectivity index (χ4n) is 4.34. The predicted molar refractivity (Wildman–Crippen MR) is 145 cm³/mol. The second-order valence-electron chi connectivity index (χ2n) is 9.08. The zero-order valence-electron chi connectivity index (χ0n) is 20.4. The molecule has 1 amide bonds. The third-order valence-corrected chi connectivity index (χ3v) is 7.14. The monoisotopic (exact) mass is 545 g/mol. The number of methoxy groups -OCH3 is 1. The van der Waals surface area contributed by atoms with Crippen molar-refractivity contribution in [3.8, 4) is 5.75 Å². The molecule has 0 unspecified atom stereocenters. The number of hydrogen-bond acceptors (Lipinski definition) is 3. The minimum Gasteiger partial charge on any atom is -1.00 e. The largest absolute Gasteiger partial charge is 1.00 e. The van der Waals surface area contributed by atoms with E-state index >= 15 is 0 Å². The van der Waals surface area contributed by atoms with Crippen LogP contribution in [0.25, 0.3) is 6.08 Å². The highest BCUT2D eigenvalue weighted by Gasteiger charge is 2.30. The summed E-state index contributed by atoms with van der Waals surface area (Å²) in [4.78, 5) is 14.7. The number of piperazine rings is 1. The summed E-state index contributed by atoms with van der Waals surface area (Å²) in [5.74, 6) is 0.725. The number of benzene rings is 3. The minimum absolute atomic E-state index is 0. The van der Waals surface area contributed by atoms with E-state index in [2.05, 4.69) is 41.5 Å². The van der Waals surface area contributed by atoms with Crippen molar-refractivity contribution in [3.05, 3.63) is 94.0 Å². The molecule has 0 atom stereocenters. The highest BCUT2D eigenvalue weighted by atomic mass is 35.5. The lowest BCUT2D eigenvalue weighted by molar-refractivity contribution is -0.923. The lowest BCUT2D eigenvalue weighted by atomic mass is 10.1. The highest BCUT2D eigenvalue weighted by Crippen LogP contribution is 2.30. The molecule has 1 aliphatic rings. The maximum absolute atomic E-state index is 12.3. The van der Waals surface area contributed by atoms with Gasteiger partial charge < -0.3 is 31.8 Å². The number of ether oxygens (including phenoxy) is 1. The molecule has 0 radical (unpaired) electrons. The Hall–Kier alpha value is -2.70. The third-order valence-electron chi connectivity index (χ3n) is 6.40. The van der Waals surface area contributed by atoms with Gasteiger partial charge in [0.15, 0.2) is 0 Å². The first-order valence-electron chi connectivity index (χ1n) is 11.6. The van der Waals surface area contributed by atoms with Crippen molar-refractivity contribution in [2.75, 3.05) is 50.6 Å². The molecule has 36 heavy (non-hydrogen) atoms. The summed E-state index contributed by atoms with van der Waals surface area (Å²) < 4.78 is 6.52. The molecule has 0 bridgehead atoms. The third kappa shape index (κ3) is 7.17. The Labute approximate surface area is 229 Å². The molecule has 0 aromatic heterocycles. The Bertz CT molecular complexity index is 1210. The molecule has 1 fully saturated rings. The lowest BCUT2D eigenvalue weighted by Crippen LogP contribution is -3.00. The van der Waals surface area contributed by atoms with Gasteiger partial charge >= 0.3 is 0 Å². The Balaban J connectivity index is 0.00000361. The number of quaternary nitrogens is 1. The first kappa shape index (κ1) is 27.9. The molecule has 1 aliphatic heterocycles. The van der Waals surface area contributed by atoms with E-state index in [0.717, 1.165) is 59.9 Å². The molecule has 4 rings (SSSR count). The van der Waals surface area contributed by atoms with Crippen LogP contribution in [0.2, 0.25) is 10.0 Å². The molecule has 0 aliphatic carbocycles. The Kier molecular flexibility index (Phi) is 9.69. The number of halogens is 3. The van der Waals surface area contributed by atoms with Gasteiger partial charge in [-0.3, -0.25) is 4.79 Å². The molecule has 1 N–H and O–H groups in total. The van der Waals surface area contributed by atoms with Crippen LogP contribution in [0.3, 0.4) is 0 Å². The van der Waals surface area contributed by atoms with Gasteiger partial charge in [-0.15, -0.1) is 0 Å². The zero-order valence-corrected chi connectivity index (χ0v) is 22.7. The van der Waals surface area contributed by atoms with Crippen LogP contribution in [0.15, 0.2) is 72.8 Å². The summed E-state index contributed by atoms with van der Waals surface area (Å²) >= 11 is 12.0. The van der Waals surface area contributed by atoms with Crippen molar-refractivity contribution >= 4 is 46.6 Å². The average Bonchev–Trinajstić information content (AvgIpc) is 2.86. The summed E-state index contributed by atoms with van der Waals surface area (Å²) in [7, 11) is 4.03. The van der Waals surface area contributed by atoms with Crippen LogP contribution in [-0.2, 0) is 11.3 Å². The summed E-state index contributed by atoms with van der Waals surface area (Å²) in [6.07, 6.45) is 3.20. The molecule has 3 aromatic carbocycles. The number of carbonyl (C=O) groups is 1. The van der Waals surface area contributed by atoms with E-state index in [4.69, 9.17) is 27.9 Å². The maximum Gasteiger partial charge on any atom is 0.248 e. The van der Waals surface area contributed by atoms with Gasteiger partial charge in [0, 0.05) is 17.3 Å². The van der Waals surface area contributed by atoms with Crippen molar-refractivity contribution in [1.29, 1.82) is 0 Å². The maximum atomic E-state index is 12.3. The van der Waals surface area contributed by atoms with Crippen molar-refractivity contribution in [2.24, 2.45) is 0 Å². The fourth-order valence-corrected chi connectivity index (χ4v) is 4.65. The molecule has 0 spiro atoms. The van der Waals surface area contributed by atoms with Crippen molar-refractivity contribution in [3.63, 3.8) is 0 Å². The number of nitrogens with one attached hydrogen (secondary N) is 1. The lowest BCUT2D eigenvalue weighted by Gasteiger charge is -2.43. The second kappa shape index (κ2) is 12.5. The molecular formula is C28H30Cl3N3O2. The van der Waals surface area contributed by atoms with Crippen LogP contribution in [0.1, 0.15) is 11.1 Å². The SMILES string of the molecule is COc1ccccc1N1CC[N+](C)(Cc2ccc(NC(=O)C=Cc3ccc(Cl)c(Cl)c3)cc2)CC1.[Cl-]. The Morgan fingerprint density at radius 1 is 1.03 bits per heavy atom. The molecule has 190 valence electrons. The number of rotatable bonds is 7. The van der Waals surface area contributed by atoms with Gasteiger partial charge in [0.1, 0.15) is 12.3 Å². The van der Waals surface area contributed by atoms with Crippen LogP contribution >= 0.6 is 23.2 Å². The van der Waals surface area contributed by atoms with Gasteiger partial charge in [0.05, 0.1) is 56.1 Å². The van der Waals surface area contributed by atoms with E-state index in [1.165, 1.54) is 11.6 Å². The van der Waals surface area contributed by atoms with Crippen molar-refractivity contribution < 1.29 is 26.4 Å². The van der Waals surface area contributed by atoms with Gasteiger partial charge in [-0.2, -0.15) is 0 Å². The van der Waals surface area contributed by atoms with E-state index in [-0.39, 0.29) is 18.3 Å². The van der Waals surface area contributed by atoms with Crippen LogP contribution in [0.5, 0.6) is 5.75 Å².